The van der Waals surface area contributed by atoms with Gasteiger partial charge in [-0.15, -0.1) is 0 Å². The third kappa shape index (κ3) is 6.82. The van der Waals surface area contributed by atoms with Crippen molar-refractivity contribution in [3.8, 4) is 0 Å². The Bertz CT molecular complexity index is 428. The van der Waals surface area contributed by atoms with Gasteiger partial charge in [-0.3, -0.25) is 9.69 Å². The maximum Gasteiger partial charge on any atom is 0.320 e. The number of rotatable bonds is 7. The number of hydrogen-bond acceptors (Lipinski definition) is 3. The topological polar surface area (TPSA) is 29.5 Å². The van der Waals surface area contributed by atoms with E-state index in [-0.39, 0.29) is 18.3 Å². The summed E-state index contributed by atoms with van der Waals surface area (Å²) in [6.07, 6.45) is 0.906. The van der Waals surface area contributed by atoms with Gasteiger partial charge < -0.3 is 4.74 Å². The van der Waals surface area contributed by atoms with Crippen LogP contribution in [0.2, 0.25) is 19.6 Å². The Hall–Kier alpha value is -1.20. The molecule has 0 saturated heterocycles. The van der Waals surface area contributed by atoms with E-state index in [1.54, 1.807) is 19.1 Å². The van der Waals surface area contributed by atoms with E-state index in [0.717, 1.165) is 11.7 Å². The molecule has 0 N–H and O–H groups in total. The standard InChI is InChI=1S/C15H24FNO2Si/c1-5-19-15(18)11-17(12-20(2,3)4)10-13-6-8-14(16)9-7-13/h6-9H,5,10-12H2,1-4H3. The number of ether oxygens (including phenoxy) is 1. The Labute approximate surface area is 121 Å². The van der Waals surface area contributed by atoms with Crippen molar-refractivity contribution in [2.24, 2.45) is 0 Å². The first-order valence-electron chi connectivity index (χ1n) is 6.92. The van der Waals surface area contributed by atoms with Crippen molar-refractivity contribution in [3.05, 3.63) is 35.6 Å². The predicted octanol–water partition coefficient (Wildman–Crippen LogP) is 3.07. The molecule has 0 unspecified atom stereocenters. The van der Waals surface area contributed by atoms with Gasteiger partial charge in [0.05, 0.1) is 21.2 Å². The molecule has 0 heterocycles. The van der Waals surface area contributed by atoms with Crippen LogP contribution < -0.4 is 0 Å². The molecule has 3 nitrogen and oxygen atoms in total. The molecule has 0 aliphatic carbocycles. The van der Waals surface area contributed by atoms with Gasteiger partial charge in [-0.05, 0) is 30.8 Å². The molecule has 1 rings (SSSR count). The number of carbonyl (C=O) groups is 1. The molecule has 0 aromatic heterocycles. The highest BCUT2D eigenvalue weighted by Crippen LogP contribution is 2.11. The minimum atomic E-state index is -1.33. The molecule has 0 bridgehead atoms. The van der Waals surface area contributed by atoms with E-state index in [1.165, 1.54) is 12.1 Å². The maximum atomic E-state index is 12.9. The summed E-state index contributed by atoms with van der Waals surface area (Å²) >= 11 is 0. The van der Waals surface area contributed by atoms with Gasteiger partial charge in [0.25, 0.3) is 0 Å². The Balaban J connectivity index is 2.71. The number of nitrogens with zero attached hydrogens (tertiary/aromatic N) is 1. The molecule has 0 radical (unpaired) electrons. The lowest BCUT2D eigenvalue weighted by Gasteiger charge is -2.28. The van der Waals surface area contributed by atoms with Crippen LogP contribution in [-0.2, 0) is 16.1 Å². The highest BCUT2D eigenvalue weighted by Gasteiger charge is 2.21. The molecule has 0 aliphatic rings. The molecule has 0 saturated carbocycles. The highest BCUT2D eigenvalue weighted by atomic mass is 28.3. The van der Waals surface area contributed by atoms with Gasteiger partial charge in [-0.1, -0.05) is 31.8 Å². The molecule has 112 valence electrons. The van der Waals surface area contributed by atoms with E-state index >= 15 is 0 Å². The van der Waals surface area contributed by atoms with E-state index < -0.39 is 8.07 Å². The van der Waals surface area contributed by atoms with Gasteiger partial charge in [0.15, 0.2) is 0 Å². The first-order valence-corrected chi connectivity index (χ1v) is 10.6. The summed E-state index contributed by atoms with van der Waals surface area (Å²) in [5, 5.41) is 0. The summed E-state index contributed by atoms with van der Waals surface area (Å²) in [5.41, 5.74) is 1.01. The zero-order valence-electron chi connectivity index (χ0n) is 12.8. The molecule has 0 spiro atoms. The van der Waals surface area contributed by atoms with Crippen LogP contribution >= 0.6 is 0 Å². The van der Waals surface area contributed by atoms with Crippen LogP contribution in [0, 0.1) is 5.82 Å². The first kappa shape index (κ1) is 16.9. The van der Waals surface area contributed by atoms with Crippen molar-refractivity contribution >= 4 is 14.0 Å². The van der Waals surface area contributed by atoms with E-state index in [9.17, 15) is 9.18 Å². The fourth-order valence-electron chi connectivity index (χ4n) is 2.08. The molecule has 20 heavy (non-hydrogen) atoms. The summed E-state index contributed by atoms with van der Waals surface area (Å²) in [5.74, 6) is -0.441. The van der Waals surface area contributed by atoms with Crippen molar-refractivity contribution in [1.29, 1.82) is 0 Å². The second-order valence-corrected chi connectivity index (χ2v) is 11.6. The maximum absolute atomic E-state index is 12.9. The molecule has 0 fully saturated rings. The molecule has 0 aliphatic heterocycles. The van der Waals surface area contributed by atoms with E-state index in [0.29, 0.717) is 13.2 Å². The fourth-order valence-corrected chi connectivity index (χ4v) is 3.64. The fraction of sp³-hybridized carbons (Fsp3) is 0.533. The number of esters is 1. The minimum absolute atomic E-state index is 0.201. The number of halogens is 1. The van der Waals surface area contributed by atoms with Crippen molar-refractivity contribution in [2.45, 2.75) is 33.1 Å². The Morgan fingerprint density at radius 3 is 2.35 bits per heavy atom. The molecule has 1 aromatic rings. The van der Waals surface area contributed by atoms with Crippen LogP contribution in [0.25, 0.3) is 0 Å². The molecular weight excluding hydrogens is 273 g/mol. The van der Waals surface area contributed by atoms with Crippen LogP contribution in [0.4, 0.5) is 4.39 Å². The lowest BCUT2D eigenvalue weighted by atomic mass is 10.2. The zero-order valence-corrected chi connectivity index (χ0v) is 13.8. The van der Waals surface area contributed by atoms with Gasteiger partial charge in [0.2, 0.25) is 0 Å². The van der Waals surface area contributed by atoms with Crippen LogP contribution in [0.1, 0.15) is 12.5 Å². The van der Waals surface area contributed by atoms with E-state index in [1.807, 2.05) is 0 Å². The summed E-state index contributed by atoms with van der Waals surface area (Å²) in [6, 6.07) is 6.42. The lowest BCUT2D eigenvalue weighted by molar-refractivity contribution is -0.144. The molecular formula is C15H24FNO2Si. The summed E-state index contributed by atoms with van der Waals surface area (Å²) < 4.78 is 17.9. The van der Waals surface area contributed by atoms with Gasteiger partial charge in [-0.25, -0.2) is 4.39 Å². The second-order valence-electron chi connectivity index (χ2n) is 6.14. The predicted molar refractivity (Wildman–Crippen MR) is 81.7 cm³/mol. The van der Waals surface area contributed by atoms with Crippen LogP contribution in [0.5, 0.6) is 0 Å². The first-order chi connectivity index (χ1) is 9.30. The summed E-state index contributed by atoms with van der Waals surface area (Å²) in [4.78, 5) is 13.8. The van der Waals surface area contributed by atoms with Crippen molar-refractivity contribution in [1.82, 2.24) is 4.90 Å². The monoisotopic (exact) mass is 297 g/mol. The lowest BCUT2D eigenvalue weighted by Crippen LogP contribution is -2.42. The Morgan fingerprint density at radius 1 is 1.25 bits per heavy atom. The third-order valence-electron chi connectivity index (χ3n) is 2.68. The summed E-state index contributed by atoms with van der Waals surface area (Å²) in [6.45, 7) is 9.91. The van der Waals surface area contributed by atoms with E-state index in [2.05, 4.69) is 24.5 Å². The van der Waals surface area contributed by atoms with E-state index in [4.69, 9.17) is 4.74 Å². The second kappa shape index (κ2) is 7.55. The van der Waals surface area contributed by atoms with Crippen LogP contribution in [0.15, 0.2) is 24.3 Å². The molecule has 0 amide bonds. The van der Waals surface area contributed by atoms with Crippen LogP contribution in [0.3, 0.4) is 0 Å². The summed E-state index contributed by atoms with van der Waals surface area (Å²) in [7, 11) is -1.33. The molecule has 1 aromatic carbocycles. The zero-order chi connectivity index (χ0) is 15.2. The third-order valence-corrected chi connectivity index (χ3v) is 4.07. The molecule has 0 atom stereocenters. The quantitative estimate of drug-likeness (QED) is 0.572. The van der Waals surface area contributed by atoms with Crippen molar-refractivity contribution < 1.29 is 13.9 Å². The van der Waals surface area contributed by atoms with Gasteiger partial charge in [0, 0.05) is 6.54 Å². The van der Waals surface area contributed by atoms with Gasteiger partial charge in [0.1, 0.15) is 5.82 Å². The Morgan fingerprint density at radius 2 is 1.85 bits per heavy atom. The van der Waals surface area contributed by atoms with Gasteiger partial charge >= 0.3 is 5.97 Å². The SMILES string of the molecule is CCOC(=O)CN(Cc1ccc(F)cc1)C[Si](C)(C)C. The molecule has 5 heteroatoms. The number of hydrogen-bond donors (Lipinski definition) is 0. The van der Waals surface area contributed by atoms with Crippen molar-refractivity contribution in [2.75, 3.05) is 19.3 Å². The van der Waals surface area contributed by atoms with Crippen molar-refractivity contribution in [3.63, 3.8) is 0 Å². The average Bonchev–Trinajstić information content (AvgIpc) is 2.30. The average molecular weight is 297 g/mol. The van der Waals surface area contributed by atoms with Gasteiger partial charge in [-0.2, -0.15) is 0 Å². The van der Waals surface area contributed by atoms with Crippen LogP contribution in [-0.4, -0.2) is 38.3 Å². The minimum Gasteiger partial charge on any atom is -0.465 e. The highest BCUT2D eigenvalue weighted by molar-refractivity contribution is 6.76. The Kier molecular flexibility index (Phi) is 6.36. The number of benzene rings is 1. The normalized spacial score (nSPS) is 11.7. The smallest absolute Gasteiger partial charge is 0.320 e. The largest absolute Gasteiger partial charge is 0.465 e. The number of carbonyl (C=O) groups excluding carboxylic acids is 1.